The SMILES string of the molecule is CC(N)=O.O=C(O)CNCC(=O)O. The van der Waals surface area contributed by atoms with E-state index < -0.39 is 11.9 Å². The van der Waals surface area contributed by atoms with Gasteiger partial charge in [-0.3, -0.25) is 19.7 Å². The fourth-order valence-corrected chi connectivity index (χ4v) is 0.276. The van der Waals surface area contributed by atoms with Gasteiger partial charge < -0.3 is 15.9 Å². The minimum absolute atomic E-state index is 0.313. The van der Waals surface area contributed by atoms with Gasteiger partial charge in [-0.1, -0.05) is 0 Å². The van der Waals surface area contributed by atoms with Gasteiger partial charge in [0.05, 0.1) is 13.1 Å². The highest BCUT2D eigenvalue weighted by atomic mass is 16.4. The van der Waals surface area contributed by atoms with Gasteiger partial charge in [0.15, 0.2) is 0 Å². The summed E-state index contributed by atoms with van der Waals surface area (Å²) in [5, 5.41) is 18.1. The Morgan fingerprint density at radius 3 is 1.54 bits per heavy atom. The first-order chi connectivity index (χ1) is 5.86. The van der Waals surface area contributed by atoms with E-state index in [2.05, 4.69) is 11.1 Å². The van der Waals surface area contributed by atoms with Crippen LogP contribution in [0.3, 0.4) is 0 Å². The van der Waals surface area contributed by atoms with Crippen LogP contribution in [0.15, 0.2) is 0 Å². The highest BCUT2D eigenvalue weighted by Gasteiger charge is 1.97. The second-order valence-corrected chi connectivity index (χ2v) is 2.00. The molecule has 0 aromatic rings. The molecule has 0 aliphatic carbocycles. The van der Waals surface area contributed by atoms with E-state index in [0.29, 0.717) is 0 Å². The van der Waals surface area contributed by atoms with Crippen molar-refractivity contribution < 1.29 is 24.6 Å². The third-order valence-corrected chi connectivity index (χ3v) is 0.552. The number of nitrogens with one attached hydrogen (secondary N) is 1. The van der Waals surface area contributed by atoms with Crippen molar-refractivity contribution in [2.24, 2.45) is 5.73 Å². The van der Waals surface area contributed by atoms with Crippen molar-refractivity contribution >= 4 is 17.8 Å². The molecule has 0 aromatic heterocycles. The maximum Gasteiger partial charge on any atom is 0.317 e. The van der Waals surface area contributed by atoms with E-state index >= 15 is 0 Å². The van der Waals surface area contributed by atoms with Gasteiger partial charge in [-0.25, -0.2) is 0 Å². The molecule has 0 fully saturated rings. The number of carboxylic acid groups (broad SMARTS) is 2. The summed E-state index contributed by atoms with van der Waals surface area (Å²) in [6.45, 7) is 0.679. The summed E-state index contributed by atoms with van der Waals surface area (Å²) in [7, 11) is 0. The molecule has 0 atom stereocenters. The van der Waals surface area contributed by atoms with E-state index in [1.807, 2.05) is 0 Å². The fourth-order valence-electron chi connectivity index (χ4n) is 0.276. The van der Waals surface area contributed by atoms with Crippen LogP contribution >= 0.6 is 0 Å². The lowest BCUT2D eigenvalue weighted by Gasteiger charge is -1.93. The molecule has 0 saturated carbocycles. The molecule has 0 aliphatic heterocycles. The summed E-state index contributed by atoms with van der Waals surface area (Å²) >= 11 is 0. The van der Waals surface area contributed by atoms with E-state index in [1.165, 1.54) is 6.92 Å². The molecule has 7 heteroatoms. The predicted octanol–water partition coefficient (Wildman–Crippen LogP) is -1.76. The summed E-state index contributed by atoms with van der Waals surface area (Å²) < 4.78 is 0. The highest BCUT2D eigenvalue weighted by Crippen LogP contribution is 1.61. The van der Waals surface area contributed by atoms with Crippen molar-refractivity contribution in [3.05, 3.63) is 0 Å². The Hall–Kier alpha value is -1.63. The van der Waals surface area contributed by atoms with Crippen LogP contribution in [0.1, 0.15) is 6.92 Å². The summed E-state index contributed by atoms with van der Waals surface area (Å²) in [5.41, 5.74) is 4.47. The van der Waals surface area contributed by atoms with Crippen LogP contribution < -0.4 is 11.1 Å². The van der Waals surface area contributed by atoms with Crippen LogP contribution in [-0.2, 0) is 14.4 Å². The van der Waals surface area contributed by atoms with Crippen molar-refractivity contribution in [2.75, 3.05) is 13.1 Å². The monoisotopic (exact) mass is 192 g/mol. The molecule has 76 valence electrons. The third-order valence-electron chi connectivity index (χ3n) is 0.552. The van der Waals surface area contributed by atoms with Gasteiger partial charge in [0.25, 0.3) is 0 Å². The Bertz CT molecular complexity index is 173. The number of nitrogens with two attached hydrogens (primary N) is 1. The van der Waals surface area contributed by atoms with E-state index in [9.17, 15) is 14.4 Å². The van der Waals surface area contributed by atoms with Crippen molar-refractivity contribution in [2.45, 2.75) is 6.92 Å². The molecule has 0 unspecified atom stereocenters. The Kier molecular flexibility index (Phi) is 9.07. The minimum atomic E-state index is -1.06. The minimum Gasteiger partial charge on any atom is -0.480 e. The zero-order valence-corrected chi connectivity index (χ0v) is 7.11. The number of hydrogen-bond donors (Lipinski definition) is 4. The zero-order valence-electron chi connectivity index (χ0n) is 7.11. The van der Waals surface area contributed by atoms with Gasteiger partial charge in [0.1, 0.15) is 0 Å². The van der Waals surface area contributed by atoms with Gasteiger partial charge in [0.2, 0.25) is 5.91 Å². The average molecular weight is 192 g/mol. The normalized spacial score (nSPS) is 8.08. The molecular formula is C6H12N2O5. The van der Waals surface area contributed by atoms with Crippen LogP contribution in [0.5, 0.6) is 0 Å². The lowest BCUT2D eigenvalue weighted by Crippen LogP contribution is -2.27. The van der Waals surface area contributed by atoms with Gasteiger partial charge in [0, 0.05) is 6.92 Å². The van der Waals surface area contributed by atoms with Crippen LogP contribution in [0.4, 0.5) is 0 Å². The van der Waals surface area contributed by atoms with Crippen LogP contribution in [0.2, 0.25) is 0 Å². The highest BCUT2D eigenvalue weighted by molar-refractivity contribution is 5.72. The molecular weight excluding hydrogens is 180 g/mol. The average Bonchev–Trinajstić information content (AvgIpc) is 1.83. The Labute approximate surface area is 74.5 Å². The largest absolute Gasteiger partial charge is 0.480 e. The van der Waals surface area contributed by atoms with Crippen molar-refractivity contribution in [3.8, 4) is 0 Å². The molecule has 0 aliphatic rings. The number of carbonyl (C=O) groups is 3. The first-order valence-electron chi connectivity index (χ1n) is 3.26. The summed E-state index contributed by atoms with van der Waals surface area (Å²) in [6, 6.07) is 0. The number of aliphatic carboxylic acids is 2. The number of primary amides is 1. The van der Waals surface area contributed by atoms with Crippen molar-refractivity contribution in [1.29, 1.82) is 0 Å². The van der Waals surface area contributed by atoms with Crippen molar-refractivity contribution in [1.82, 2.24) is 5.32 Å². The number of carbonyl (C=O) groups excluding carboxylic acids is 1. The molecule has 0 radical (unpaired) electrons. The first kappa shape index (κ1) is 13.9. The lowest BCUT2D eigenvalue weighted by atomic mass is 10.6. The zero-order chi connectivity index (χ0) is 10.9. The topological polar surface area (TPSA) is 130 Å². The van der Waals surface area contributed by atoms with Crippen molar-refractivity contribution in [3.63, 3.8) is 0 Å². The van der Waals surface area contributed by atoms with Crippen LogP contribution in [0, 0.1) is 0 Å². The number of amides is 1. The Morgan fingerprint density at radius 2 is 1.38 bits per heavy atom. The van der Waals surface area contributed by atoms with E-state index in [-0.39, 0.29) is 19.0 Å². The van der Waals surface area contributed by atoms with Crippen LogP contribution in [-0.4, -0.2) is 41.1 Å². The summed E-state index contributed by atoms with van der Waals surface area (Å²) in [4.78, 5) is 28.7. The quantitative estimate of drug-likeness (QED) is 0.417. The van der Waals surface area contributed by atoms with Gasteiger partial charge in [-0.15, -0.1) is 0 Å². The summed E-state index contributed by atoms with van der Waals surface area (Å²) in [6.07, 6.45) is 0. The number of rotatable bonds is 4. The van der Waals surface area contributed by atoms with E-state index in [4.69, 9.17) is 10.2 Å². The maximum atomic E-state index is 9.73. The molecule has 0 rings (SSSR count). The van der Waals surface area contributed by atoms with Gasteiger partial charge in [-0.05, 0) is 0 Å². The third kappa shape index (κ3) is 38.0. The first-order valence-corrected chi connectivity index (χ1v) is 3.26. The number of carboxylic acids is 2. The molecule has 0 aromatic carbocycles. The molecule has 0 bridgehead atoms. The fraction of sp³-hybridized carbons (Fsp3) is 0.500. The lowest BCUT2D eigenvalue weighted by molar-refractivity contribution is -0.137. The molecule has 0 heterocycles. The molecule has 0 saturated heterocycles. The Balaban J connectivity index is 0. The van der Waals surface area contributed by atoms with Gasteiger partial charge >= 0.3 is 11.9 Å². The second kappa shape index (κ2) is 8.47. The second-order valence-electron chi connectivity index (χ2n) is 2.00. The smallest absolute Gasteiger partial charge is 0.317 e. The standard InChI is InChI=1S/C4H7NO4.C2H5NO/c6-3(7)1-5-2-4(8)9;1-2(3)4/h5H,1-2H2,(H,6,7)(H,8,9);1H3,(H2,3,4). The Morgan fingerprint density at radius 1 is 1.15 bits per heavy atom. The van der Waals surface area contributed by atoms with E-state index in [0.717, 1.165) is 0 Å². The summed E-state index contributed by atoms with van der Waals surface area (Å²) in [5.74, 6) is -2.45. The molecule has 5 N–H and O–H groups in total. The molecule has 7 nitrogen and oxygen atoms in total. The van der Waals surface area contributed by atoms with Crippen LogP contribution in [0.25, 0.3) is 0 Å². The molecule has 13 heavy (non-hydrogen) atoms. The number of hydrogen-bond acceptors (Lipinski definition) is 4. The van der Waals surface area contributed by atoms with Gasteiger partial charge in [-0.2, -0.15) is 0 Å². The molecule has 1 amide bonds. The van der Waals surface area contributed by atoms with E-state index in [1.54, 1.807) is 0 Å². The molecule has 0 spiro atoms. The predicted molar refractivity (Wildman–Crippen MR) is 43.0 cm³/mol. The maximum absolute atomic E-state index is 9.73.